The Balaban J connectivity index is 1.54. The maximum absolute atomic E-state index is 5.03. The van der Waals surface area contributed by atoms with Gasteiger partial charge in [-0.05, 0) is 18.6 Å². The van der Waals surface area contributed by atoms with E-state index in [1.807, 2.05) is 24.4 Å². The van der Waals surface area contributed by atoms with E-state index >= 15 is 0 Å². The minimum Gasteiger partial charge on any atom is -0.385 e. The van der Waals surface area contributed by atoms with E-state index in [0.717, 1.165) is 57.4 Å². The first-order chi connectivity index (χ1) is 11.9. The maximum Gasteiger partial charge on any atom is 0.244 e. The Morgan fingerprint density at radius 2 is 1.92 bits per heavy atom. The van der Waals surface area contributed by atoms with Crippen LogP contribution in [0.15, 0.2) is 30.6 Å². The first-order valence-electron chi connectivity index (χ1n) is 8.20. The lowest BCUT2D eigenvalue weighted by atomic mass is 10.3. The van der Waals surface area contributed by atoms with E-state index < -0.39 is 0 Å². The molecule has 1 aliphatic heterocycles. The minimum absolute atomic E-state index is 0.566. The third-order valence-electron chi connectivity index (χ3n) is 3.93. The number of nitrogens with zero attached hydrogens (tertiary/aromatic N) is 6. The molecule has 0 radical (unpaired) electrons. The molecular weight excluding hydrogens is 306 g/mol. The number of nitrogens with one attached hydrogen (secondary N) is 1. The molecule has 3 rings (SSSR count). The first kappa shape index (κ1) is 16.4. The Labute approximate surface area is 141 Å². The molecule has 24 heavy (non-hydrogen) atoms. The van der Waals surface area contributed by atoms with Crippen LogP contribution in [0.2, 0.25) is 0 Å². The number of rotatable bonds is 7. The van der Waals surface area contributed by atoms with Gasteiger partial charge in [0.25, 0.3) is 0 Å². The molecule has 0 atom stereocenters. The van der Waals surface area contributed by atoms with Gasteiger partial charge in [-0.2, -0.15) is 10.1 Å². The second kappa shape index (κ2) is 8.39. The third-order valence-corrected chi connectivity index (χ3v) is 3.93. The van der Waals surface area contributed by atoms with Crippen LogP contribution < -0.4 is 15.1 Å². The Morgan fingerprint density at radius 1 is 1.12 bits per heavy atom. The van der Waals surface area contributed by atoms with Crippen molar-refractivity contribution in [3.05, 3.63) is 30.6 Å². The molecule has 1 N–H and O–H groups in total. The Hall–Kier alpha value is -2.48. The smallest absolute Gasteiger partial charge is 0.244 e. The number of hydrogen-bond acceptors (Lipinski definition) is 8. The highest BCUT2D eigenvalue weighted by Crippen LogP contribution is 2.17. The quantitative estimate of drug-likeness (QED) is 0.755. The average molecular weight is 329 g/mol. The van der Waals surface area contributed by atoms with E-state index in [9.17, 15) is 0 Å². The summed E-state index contributed by atoms with van der Waals surface area (Å²) >= 11 is 0. The largest absolute Gasteiger partial charge is 0.385 e. The van der Waals surface area contributed by atoms with Crippen molar-refractivity contribution in [1.82, 2.24) is 20.2 Å². The van der Waals surface area contributed by atoms with Gasteiger partial charge in [0.05, 0.1) is 6.20 Å². The van der Waals surface area contributed by atoms with Crippen LogP contribution in [0.3, 0.4) is 0 Å². The molecule has 1 saturated heterocycles. The molecule has 0 amide bonds. The van der Waals surface area contributed by atoms with Crippen LogP contribution in [0.5, 0.6) is 0 Å². The number of hydrogen-bond donors (Lipinski definition) is 1. The molecule has 8 nitrogen and oxygen atoms in total. The van der Waals surface area contributed by atoms with Crippen molar-refractivity contribution in [2.24, 2.45) is 0 Å². The van der Waals surface area contributed by atoms with Crippen molar-refractivity contribution in [1.29, 1.82) is 0 Å². The van der Waals surface area contributed by atoms with Crippen molar-refractivity contribution in [3.8, 4) is 0 Å². The molecule has 2 aromatic rings. The van der Waals surface area contributed by atoms with E-state index in [1.54, 1.807) is 13.3 Å². The van der Waals surface area contributed by atoms with Crippen LogP contribution in [0.25, 0.3) is 0 Å². The van der Waals surface area contributed by atoms with Crippen molar-refractivity contribution in [3.63, 3.8) is 0 Å². The number of aromatic nitrogens is 4. The maximum atomic E-state index is 5.03. The summed E-state index contributed by atoms with van der Waals surface area (Å²) in [5, 5.41) is 11.3. The highest BCUT2D eigenvalue weighted by atomic mass is 16.5. The Morgan fingerprint density at radius 3 is 2.62 bits per heavy atom. The van der Waals surface area contributed by atoms with Gasteiger partial charge in [-0.15, -0.1) is 5.10 Å². The van der Waals surface area contributed by atoms with Crippen molar-refractivity contribution in [2.75, 3.05) is 61.6 Å². The lowest BCUT2D eigenvalue weighted by Crippen LogP contribution is -2.47. The molecule has 3 heterocycles. The summed E-state index contributed by atoms with van der Waals surface area (Å²) in [6, 6.07) is 6.00. The fourth-order valence-corrected chi connectivity index (χ4v) is 2.64. The van der Waals surface area contributed by atoms with Crippen LogP contribution in [-0.4, -0.2) is 66.6 Å². The van der Waals surface area contributed by atoms with Crippen LogP contribution >= 0.6 is 0 Å². The highest BCUT2D eigenvalue weighted by Gasteiger charge is 2.19. The van der Waals surface area contributed by atoms with Crippen LogP contribution in [0.1, 0.15) is 6.42 Å². The third kappa shape index (κ3) is 4.29. The zero-order valence-electron chi connectivity index (χ0n) is 13.9. The van der Waals surface area contributed by atoms with Gasteiger partial charge in [0.1, 0.15) is 5.82 Å². The van der Waals surface area contributed by atoms with Crippen LogP contribution in [0.4, 0.5) is 17.6 Å². The molecule has 2 aromatic heterocycles. The number of ether oxygens (including phenoxy) is 1. The lowest BCUT2D eigenvalue weighted by Gasteiger charge is -2.35. The van der Waals surface area contributed by atoms with E-state index in [4.69, 9.17) is 4.74 Å². The minimum atomic E-state index is 0.566. The van der Waals surface area contributed by atoms with Gasteiger partial charge in [-0.3, -0.25) is 0 Å². The van der Waals surface area contributed by atoms with Crippen molar-refractivity contribution < 1.29 is 4.74 Å². The van der Waals surface area contributed by atoms with E-state index in [2.05, 4.69) is 35.3 Å². The summed E-state index contributed by atoms with van der Waals surface area (Å²) in [7, 11) is 1.70. The fourth-order valence-electron chi connectivity index (χ4n) is 2.64. The van der Waals surface area contributed by atoms with Crippen molar-refractivity contribution >= 4 is 17.6 Å². The first-order valence-corrected chi connectivity index (χ1v) is 8.20. The van der Waals surface area contributed by atoms with Crippen LogP contribution in [-0.2, 0) is 4.74 Å². The van der Waals surface area contributed by atoms with Gasteiger partial charge in [0.15, 0.2) is 5.82 Å². The van der Waals surface area contributed by atoms with Gasteiger partial charge < -0.3 is 19.9 Å². The second-order valence-corrected chi connectivity index (χ2v) is 5.57. The predicted octanol–water partition coefficient (Wildman–Crippen LogP) is 1.04. The Bertz CT molecular complexity index is 617. The molecule has 0 unspecified atom stereocenters. The zero-order valence-corrected chi connectivity index (χ0v) is 13.9. The standard InChI is InChI=1S/C16H23N7O/c1-24-12-4-7-18-16-20-15(13-19-21-16)23-10-8-22(9-11-23)14-5-2-3-6-17-14/h2-3,5-6,13H,4,7-12H2,1H3,(H,18,20,21). The lowest BCUT2D eigenvalue weighted by molar-refractivity contribution is 0.197. The Kier molecular flexibility index (Phi) is 5.73. The second-order valence-electron chi connectivity index (χ2n) is 5.57. The molecule has 0 bridgehead atoms. The number of pyridine rings is 1. The molecule has 0 aromatic carbocycles. The van der Waals surface area contributed by atoms with Gasteiger partial charge in [-0.1, -0.05) is 6.07 Å². The molecule has 0 spiro atoms. The summed E-state index contributed by atoms with van der Waals surface area (Å²) < 4.78 is 5.03. The van der Waals surface area contributed by atoms with Crippen LogP contribution in [0, 0.1) is 0 Å². The van der Waals surface area contributed by atoms with Gasteiger partial charge >= 0.3 is 0 Å². The van der Waals surface area contributed by atoms with Gasteiger partial charge in [0.2, 0.25) is 5.95 Å². The summed E-state index contributed by atoms with van der Waals surface area (Å²) in [6.07, 6.45) is 4.46. The summed E-state index contributed by atoms with van der Waals surface area (Å²) in [4.78, 5) is 13.5. The SMILES string of the molecule is COCCCNc1nncc(N2CCN(c3ccccn3)CC2)n1. The average Bonchev–Trinajstić information content (AvgIpc) is 2.66. The van der Waals surface area contributed by atoms with Gasteiger partial charge in [0, 0.05) is 52.6 Å². The molecule has 8 heteroatoms. The van der Waals surface area contributed by atoms with Crippen molar-refractivity contribution in [2.45, 2.75) is 6.42 Å². The summed E-state index contributed by atoms with van der Waals surface area (Å²) in [6.45, 7) is 5.09. The van der Waals surface area contributed by atoms with E-state index in [1.165, 1.54) is 0 Å². The number of piperazine rings is 1. The molecular formula is C16H23N7O. The molecule has 1 fully saturated rings. The monoisotopic (exact) mass is 329 g/mol. The molecule has 1 aliphatic rings. The normalized spacial score (nSPS) is 14.7. The highest BCUT2D eigenvalue weighted by molar-refractivity contribution is 5.45. The number of anilines is 3. The fraction of sp³-hybridized carbons (Fsp3) is 0.500. The summed E-state index contributed by atoms with van der Waals surface area (Å²) in [5.74, 6) is 2.45. The predicted molar refractivity (Wildman–Crippen MR) is 93.5 cm³/mol. The zero-order chi connectivity index (χ0) is 16.6. The number of methoxy groups -OCH3 is 1. The molecule has 0 saturated carbocycles. The van der Waals surface area contributed by atoms with E-state index in [-0.39, 0.29) is 0 Å². The van der Waals surface area contributed by atoms with E-state index in [0.29, 0.717) is 5.95 Å². The molecule has 0 aliphatic carbocycles. The summed E-state index contributed by atoms with van der Waals surface area (Å²) in [5.41, 5.74) is 0. The van der Waals surface area contributed by atoms with Gasteiger partial charge in [-0.25, -0.2) is 4.98 Å². The molecule has 128 valence electrons. The topological polar surface area (TPSA) is 79.3 Å².